The van der Waals surface area contributed by atoms with Crippen molar-refractivity contribution in [2.45, 2.75) is 13.0 Å². The summed E-state index contributed by atoms with van der Waals surface area (Å²) in [7, 11) is 0. The Morgan fingerprint density at radius 2 is 1.76 bits per heavy atom. The fourth-order valence-electron chi connectivity index (χ4n) is 3.03. The van der Waals surface area contributed by atoms with E-state index >= 15 is 0 Å². The lowest BCUT2D eigenvalue weighted by atomic mass is 10.00. The molecule has 0 atom stereocenters. The van der Waals surface area contributed by atoms with Crippen LogP contribution in [-0.2, 0) is 13.0 Å². The number of para-hydroxylation sites is 1. The van der Waals surface area contributed by atoms with Crippen molar-refractivity contribution in [2.24, 2.45) is 0 Å². The van der Waals surface area contributed by atoms with E-state index < -0.39 is 0 Å². The van der Waals surface area contributed by atoms with Crippen LogP contribution in [0.2, 0.25) is 0 Å². The van der Waals surface area contributed by atoms with Gasteiger partial charge >= 0.3 is 0 Å². The molecule has 1 aliphatic rings. The van der Waals surface area contributed by atoms with E-state index in [4.69, 9.17) is 0 Å². The van der Waals surface area contributed by atoms with Crippen LogP contribution in [0.4, 0.5) is 0 Å². The number of nitrogens with one attached hydrogen (secondary N) is 1. The van der Waals surface area contributed by atoms with Crippen LogP contribution >= 0.6 is 0 Å². The van der Waals surface area contributed by atoms with Gasteiger partial charge in [-0.05, 0) is 29.7 Å². The van der Waals surface area contributed by atoms with Crippen LogP contribution in [0.3, 0.4) is 0 Å². The molecule has 1 aliphatic heterocycles. The molecule has 21 heavy (non-hydrogen) atoms. The fraction of sp³-hybridized carbons (Fsp3) is 0.167. The largest absolute Gasteiger partial charge is 0.351 e. The van der Waals surface area contributed by atoms with Crippen molar-refractivity contribution in [1.29, 1.82) is 0 Å². The highest BCUT2D eigenvalue weighted by molar-refractivity contribution is 5.98. The van der Waals surface area contributed by atoms with Crippen LogP contribution in [0, 0.1) is 0 Å². The van der Waals surface area contributed by atoms with Gasteiger partial charge in [0.05, 0.1) is 0 Å². The lowest BCUT2D eigenvalue weighted by Gasteiger charge is -2.28. The van der Waals surface area contributed by atoms with Gasteiger partial charge in [0.25, 0.3) is 5.91 Å². The molecule has 1 amide bonds. The molecule has 0 unspecified atom stereocenters. The third-order valence-electron chi connectivity index (χ3n) is 4.18. The Labute approximate surface area is 123 Å². The smallest absolute Gasteiger partial charge is 0.270 e. The molecule has 0 aliphatic carbocycles. The Morgan fingerprint density at radius 3 is 2.62 bits per heavy atom. The quantitative estimate of drug-likeness (QED) is 0.727. The molecule has 0 fully saturated rings. The maximum absolute atomic E-state index is 12.7. The van der Waals surface area contributed by atoms with E-state index in [1.807, 2.05) is 41.3 Å². The Bertz CT molecular complexity index is 786. The second-order valence-corrected chi connectivity index (χ2v) is 5.52. The zero-order chi connectivity index (χ0) is 14.2. The summed E-state index contributed by atoms with van der Waals surface area (Å²) in [6.07, 6.45) is 0.933. The second-order valence-electron chi connectivity index (χ2n) is 5.52. The first-order valence-electron chi connectivity index (χ1n) is 7.25. The number of fused-ring (bicyclic) bond motifs is 2. The standard InChI is InChI=1S/C18H16N2O/c21-18(17-11-14-6-3-4-8-16(14)19-17)20-10-9-13-5-1-2-7-15(13)12-20/h1-8,11,19H,9-10,12H2. The summed E-state index contributed by atoms with van der Waals surface area (Å²) in [5.41, 5.74) is 4.31. The predicted molar refractivity (Wildman–Crippen MR) is 83.2 cm³/mol. The molecule has 2 heterocycles. The van der Waals surface area contributed by atoms with Gasteiger partial charge in [0.15, 0.2) is 0 Å². The van der Waals surface area contributed by atoms with Crippen molar-refractivity contribution >= 4 is 16.8 Å². The Balaban J connectivity index is 1.63. The molecule has 1 aromatic heterocycles. The SMILES string of the molecule is O=C(c1cc2ccccc2[nH]1)N1CCc2ccccc2C1. The van der Waals surface area contributed by atoms with Crippen molar-refractivity contribution in [1.82, 2.24) is 9.88 Å². The molecule has 0 saturated carbocycles. The molecule has 0 bridgehead atoms. The van der Waals surface area contributed by atoms with Gasteiger partial charge in [0.1, 0.15) is 5.69 Å². The molecular formula is C18H16N2O. The van der Waals surface area contributed by atoms with Crippen molar-refractivity contribution < 1.29 is 4.79 Å². The molecule has 3 aromatic rings. The first-order valence-corrected chi connectivity index (χ1v) is 7.25. The van der Waals surface area contributed by atoms with Crippen LogP contribution in [0.5, 0.6) is 0 Å². The Morgan fingerprint density at radius 1 is 1.00 bits per heavy atom. The summed E-state index contributed by atoms with van der Waals surface area (Å²) in [5, 5.41) is 1.08. The highest BCUT2D eigenvalue weighted by Gasteiger charge is 2.22. The minimum absolute atomic E-state index is 0.0840. The number of H-pyrrole nitrogens is 1. The third-order valence-corrected chi connectivity index (χ3v) is 4.18. The summed E-state index contributed by atoms with van der Waals surface area (Å²) >= 11 is 0. The first-order chi connectivity index (χ1) is 10.3. The van der Waals surface area contributed by atoms with Crippen LogP contribution in [0.25, 0.3) is 10.9 Å². The first kappa shape index (κ1) is 12.2. The number of nitrogens with zero attached hydrogens (tertiary/aromatic N) is 1. The van der Waals surface area contributed by atoms with Crippen LogP contribution in [-0.4, -0.2) is 22.3 Å². The monoisotopic (exact) mass is 276 g/mol. The molecule has 2 aromatic carbocycles. The molecule has 3 heteroatoms. The predicted octanol–water partition coefficient (Wildman–Crippen LogP) is 3.37. The van der Waals surface area contributed by atoms with E-state index in [2.05, 4.69) is 23.2 Å². The van der Waals surface area contributed by atoms with Gasteiger partial charge in [-0.2, -0.15) is 0 Å². The number of aromatic amines is 1. The molecule has 0 saturated heterocycles. The van der Waals surface area contributed by atoms with E-state index in [9.17, 15) is 4.79 Å². The third kappa shape index (κ3) is 2.11. The molecule has 0 radical (unpaired) electrons. The fourth-order valence-corrected chi connectivity index (χ4v) is 3.03. The van der Waals surface area contributed by atoms with Crippen molar-refractivity contribution in [2.75, 3.05) is 6.54 Å². The number of hydrogen-bond acceptors (Lipinski definition) is 1. The van der Waals surface area contributed by atoms with Gasteiger partial charge in [-0.25, -0.2) is 0 Å². The number of carbonyl (C=O) groups excluding carboxylic acids is 1. The highest BCUT2D eigenvalue weighted by Crippen LogP contribution is 2.21. The number of rotatable bonds is 1. The molecule has 1 N–H and O–H groups in total. The van der Waals surface area contributed by atoms with E-state index in [1.165, 1.54) is 11.1 Å². The van der Waals surface area contributed by atoms with Crippen molar-refractivity contribution in [3.8, 4) is 0 Å². The molecule has 3 nitrogen and oxygen atoms in total. The topological polar surface area (TPSA) is 36.1 Å². The number of benzene rings is 2. The van der Waals surface area contributed by atoms with Gasteiger partial charge in [-0.3, -0.25) is 4.79 Å². The van der Waals surface area contributed by atoms with Crippen molar-refractivity contribution in [3.05, 3.63) is 71.4 Å². The van der Waals surface area contributed by atoms with Gasteiger partial charge in [0.2, 0.25) is 0 Å². The van der Waals surface area contributed by atoms with Gasteiger partial charge < -0.3 is 9.88 Å². The lowest BCUT2D eigenvalue weighted by molar-refractivity contribution is 0.0730. The molecular weight excluding hydrogens is 260 g/mol. The highest BCUT2D eigenvalue weighted by atomic mass is 16.2. The van der Waals surface area contributed by atoms with E-state index in [1.54, 1.807) is 0 Å². The lowest BCUT2D eigenvalue weighted by Crippen LogP contribution is -2.36. The molecule has 0 spiro atoms. The zero-order valence-corrected chi connectivity index (χ0v) is 11.7. The van der Waals surface area contributed by atoms with E-state index in [0.717, 1.165) is 23.9 Å². The number of aromatic nitrogens is 1. The Hall–Kier alpha value is -2.55. The number of carbonyl (C=O) groups is 1. The van der Waals surface area contributed by atoms with Crippen LogP contribution < -0.4 is 0 Å². The maximum Gasteiger partial charge on any atom is 0.270 e. The molecule has 4 rings (SSSR count). The van der Waals surface area contributed by atoms with Crippen molar-refractivity contribution in [3.63, 3.8) is 0 Å². The summed E-state index contributed by atoms with van der Waals surface area (Å²) in [5.74, 6) is 0.0840. The number of amides is 1. The molecule has 104 valence electrons. The average Bonchev–Trinajstić information content (AvgIpc) is 2.97. The Kier molecular flexibility index (Phi) is 2.78. The van der Waals surface area contributed by atoms with E-state index in [0.29, 0.717) is 12.2 Å². The summed E-state index contributed by atoms with van der Waals surface area (Å²) in [6, 6.07) is 18.3. The van der Waals surface area contributed by atoms with Gasteiger partial charge in [-0.1, -0.05) is 42.5 Å². The van der Waals surface area contributed by atoms with Gasteiger partial charge in [-0.15, -0.1) is 0 Å². The zero-order valence-electron chi connectivity index (χ0n) is 11.7. The summed E-state index contributed by atoms with van der Waals surface area (Å²) in [4.78, 5) is 17.8. The van der Waals surface area contributed by atoms with Crippen LogP contribution in [0.1, 0.15) is 21.6 Å². The maximum atomic E-state index is 12.7. The minimum Gasteiger partial charge on any atom is -0.351 e. The van der Waals surface area contributed by atoms with E-state index in [-0.39, 0.29) is 5.91 Å². The normalized spacial score (nSPS) is 14.2. The second kappa shape index (κ2) is 4.77. The minimum atomic E-state index is 0.0840. The van der Waals surface area contributed by atoms with Gasteiger partial charge in [0, 0.05) is 24.0 Å². The summed E-state index contributed by atoms with van der Waals surface area (Å²) < 4.78 is 0. The van der Waals surface area contributed by atoms with Crippen LogP contribution in [0.15, 0.2) is 54.6 Å². The average molecular weight is 276 g/mol. The number of hydrogen-bond donors (Lipinski definition) is 1. The summed E-state index contributed by atoms with van der Waals surface area (Å²) in [6.45, 7) is 1.48.